The molecule has 1 N–H and O–H groups in total. The molecule has 68 valence electrons. The van der Waals surface area contributed by atoms with Crippen molar-refractivity contribution < 1.29 is 19.4 Å². The Morgan fingerprint density at radius 1 is 1.42 bits per heavy atom. The summed E-state index contributed by atoms with van der Waals surface area (Å²) in [7, 11) is 1.28. The number of carboxylic acids is 1. The first kappa shape index (κ1) is 9.38. The van der Waals surface area contributed by atoms with Gasteiger partial charge in [0.2, 0.25) is 0 Å². The Morgan fingerprint density at radius 3 is 2.50 bits per heavy atom. The lowest BCUT2D eigenvalue weighted by atomic mass is 9.97. The van der Waals surface area contributed by atoms with Crippen LogP contribution in [0.2, 0.25) is 0 Å². The number of hydrogen-bond donors (Lipinski definition) is 1. The van der Waals surface area contributed by atoms with Crippen molar-refractivity contribution in [2.24, 2.45) is 11.8 Å². The van der Waals surface area contributed by atoms with E-state index in [2.05, 4.69) is 4.74 Å². The van der Waals surface area contributed by atoms with E-state index < -0.39 is 23.8 Å². The summed E-state index contributed by atoms with van der Waals surface area (Å²) >= 11 is 1.48. The first-order valence-corrected chi connectivity index (χ1v) is 4.70. The number of carbonyl (C=O) groups excluding carboxylic acids is 1. The minimum Gasteiger partial charge on any atom is -0.481 e. The molecule has 1 rings (SSSR count). The fourth-order valence-corrected chi connectivity index (χ4v) is 2.57. The first-order chi connectivity index (χ1) is 5.66. The summed E-state index contributed by atoms with van der Waals surface area (Å²) in [5, 5.41) is 8.71. The molecule has 4 nitrogen and oxygen atoms in total. The summed E-state index contributed by atoms with van der Waals surface area (Å²) in [5.74, 6) is -1.28. The normalized spacial score (nSPS) is 28.4. The van der Waals surface area contributed by atoms with Crippen molar-refractivity contribution in [3.63, 3.8) is 0 Å². The summed E-state index contributed by atoms with van der Waals surface area (Å²) in [5.41, 5.74) is 0. The molecule has 5 heteroatoms. The Morgan fingerprint density at radius 2 is 2.00 bits per heavy atom. The summed E-state index contributed by atoms with van der Waals surface area (Å²) in [6.07, 6.45) is 0. The third-order valence-corrected chi connectivity index (χ3v) is 3.09. The number of esters is 1. The van der Waals surface area contributed by atoms with Gasteiger partial charge < -0.3 is 9.84 Å². The van der Waals surface area contributed by atoms with Crippen LogP contribution in [0, 0.1) is 11.8 Å². The van der Waals surface area contributed by atoms with Crippen LogP contribution in [0.5, 0.6) is 0 Å². The highest BCUT2D eigenvalue weighted by molar-refractivity contribution is 7.99. The number of carboxylic acid groups (broad SMARTS) is 1. The van der Waals surface area contributed by atoms with Crippen LogP contribution in [-0.4, -0.2) is 35.7 Å². The van der Waals surface area contributed by atoms with E-state index in [0.717, 1.165) is 0 Å². The van der Waals surface area contributed by atoms with Gasteiger partial charge in [0.15, 0.2) is 0 Å². The molecule has 0 spiro atoms. The molecule has 1 aliphatic heterocycles. The molecular weight excluding hydrogens is 180 g/mol. The topological polar surface area (TPSA) is 63.6 Å². The molecule has 12 heavy (non-hydrogen) atoms. The second-order valence-corrected chi connectivity index (χ2v) is 3.69. The number of aliphatic carboxylic acids is 1. The predicted molar refractivity (Wildman–Crippen MR) is 44.0 cm³/mol. The summed E-state index contributed by atoms with van der Waals surface area (Å²) in [6.45, 7) is 0. The van der Waals surface area contributed by atoms with E-state index in [-0.39, 0.29) is 0 Å². The minimum absolute atomic E-state index is 0.410. The van der Waals surface area contributed by atoms with Gasteiger partial charge in [0.05, 0.1) is 18.9 Å². The third-order valence-electron chi connectivity index (χ3n) is 1.90. The molecule has 0 amide bonds. The quantitative estimate of drug-likeness (QED) is 0.631. The second-order valence-electron chi connectivity index (χ2n) is 2.61. The maximum atomic E-state index is 11.0. The van der Waals surface area contributed by atoms with E-state index >= 15 is 0 Å². The van der Waals surface area contributed by atoms with Crippen LogP contribution in [0.1, 0.15) is 0 Å². The van der Waals surface area contributed by atoms with Crippen molar-refractivity contribution in [3.05, 3.63) is 0 Å². The van der Waals surface area contributed by atoms with Crippen LogP contribution in [0.25, 0.3) is 0 Å². The summed E-state index contributed by atoms with van der Waals surface area (Å²) in [6, 6.07) is 0. The molecule has 0 unspecified atom stereocenters. The van der Waals surface area contributed by atoms with Gasteiger partial charge in [0, 0.05) is 11.5 Å². The molecule has 1 aliphatic rings. The number of thioether (sulfide) groups is 1. The highest BCUT2D eigenvalue weighted by Crippen LogP contribution is 2.30. The van der Waals surface area contributed by atoms with E-state index in [1.165, 1.54) is 18.9 Å². The van der Waals surface area contributed by atoms with Crippen molar-refractivity contribution in [1.82, 2.24) is 0 Å². The molecule has 0 aromatic rings. The summed E-state index contributed by atoms with van der Waals surface area (Å²) < 4.78 is 4.50. The van der Waals surface area contributed by atoms with Gasteiger partial charge in [0.25, 0.3) is 0 Å². The lowest BCUT2D eigenvalue weighted by Gasteiger charge is -2.11. The molecule has 1 heterocycles. The van der Waals surface area contributed by atoms with E-state index in [9.17, 15) is 9.59 Å². The molecule has 0 bridgehead atoms. The fourth-order valence-electron chi connectivity index (χ4n) is 1.18. The lowest BCUT2D eigenvalue weighted by molar-refractivity contribution is -0.153. The predicted octanol–water partition coefficient (Wildman–Crippen LogP) is 0.223. The smallest absolute Gasteiger partial charge is 0.310 e. The number of methoxy groups -OCH3 is 1. The van der Waals surface area contributed by atoms with Crippen LogP contribution >= 0.6 is 11.8 Å². The van der Waals surface area contributed by atoms with Crippen LogP contribution in [0.3, 0.4) is 0 Å². The Kier molecular flexibility index (Phi) is 2.97. The Labute approximate surface area is 74.3 Å². The van der Waals surface area contributed by atoms with Gasteiger partial charge in [-0.3, -0.25) is 9.59 Å². The zero-order chi connectivity index (χ0) is 9.14. The van der Waals surface area contributed by atoms with Crippen molar-refractivity contribution in [2.75, 3.05) is 18.6 Å². The maximum absolute atomic E-state index is 11.0. The van der Waals surface area contributed by atoms with Crippen molar-refractivity contribution in [3.8, 4) is 0 Å². The zero-order valence-electron chi connectivity index (χ0n) is 6.65. The molecule has 0 aromatic heterocycles. The highest BCUT2D eigenvalue weighted by Gasteiger charge is 2.38. The van der Waals surface area contributed by atoms with Gasteiger partial charge in [0.1, 0.15) is 0 Å². The standard InChI is InChI=1S/C7H10O4S/c1-11-7(10)5-3-12-2-4(5)6(8)9/h4-5H,2-3H2,1H3,(H,8,9)/t4-,5-/m1/s1. The lowest BCUT2D eigenvalue weighted by Crippen LogP contribution is -2.29. The van der Waals surface area contributed by atoms with Crippen LogP contribution in [-0.2, 0) is 14.3 Å². The number of carbonyl (C=O) groups is 2. The third kappa shape index (κ3) is 1.72. The second kappa shape index (κ2) is 3.80. The minimum atomic E-state index is -0.907. The van der Waals surface area contributed by atoms with Crippen LogP contribution in [0.15, 0.2) is 0 Å². The van der Waals surface area contributed by atoms with Gasteiger partial charge in [-0.2, -0.15) is 11.8 Å². The summed E-state index contributed by atoms with van der Waals surface area (Å²) in [4.78, 5) is 21.6. The van der Waals surface area contributed by atoms with Gasteiger partial charge >= 0.3 is 11.9 Å². The molecule has 1 saturated heterocycles. The number of rotatable bonds is 2. The average molecular weight is 190 g/mol. The van der Waals surface area contributed by atoms with Crippen molar-refractivity contribution >= 4 is 23.7 Å². The molecular formula is C7H10O4S. The number of ether oxygens (including phenoxy) is 1. The molecule has 0 saturated carbocycles. The van der Waals surface area contributed by atoms with Crippen molar-refractivity contribution in [2.45, 2.75) is 0 Å². The number of hydrogen-bond acceptors (Lipinski definition) is 4. The van der Waals surface area contributed by atoms with Crippen molar-refractivity contribution in [1.29, 1.82) is 0 Å². The van der Waals surface area contributed by atoms with E-state index in [0.29, 0.717) is 11.5 Å². The van der Waals surface area contributed by atoms with Crippen LogP contribution in [0.4, 0.5) is 0 Å². The van der Waals surface area contributed by atoms with E-state index in [4.69, 9.17) is 5.11 Å². The average Bonchev–Trinajstić information content (AvgIpc) is 2.50. The van der Waals surface area contributed by atoms with Gasteiger partial charge in [-0.25, -0.2) is 0 Å². The zero-order valence-corrected chi connectivity index (χ0v) is 7.47. The molecule has 0 aliphatic carbocycles. The van der Waals surface area contributed by atoms with Gasteiger partial charge in [-0.15, -0.1) is 0 Å². The van der Waals surface area contributed by atoms with Gasteiger partial charge in [-0.05, 0) is 0 Å². The largest absolute Gasteiger partial charge is 0.481 e. The Hall–Kier alpha value is -0.710. The molecule has 0 radical (unpaired) electrons. The highest BCUT2D eigenvalue weighted by atomic mass is 32.2. The Balaban J connectivity index is 2.63. The molecule has 1 fully saturated rings. The van der Waals surface area contributed by atoms with Gasteiger partial charge in [-0.1, -0.05) is 0 Å². The monoisotopic (exact) mass is 190 g/mol. The molecule has 0 aromatic carbocycles. The Bertz CT molecular complexity index is 204. The van der Waals surface area contributed by atoms with E-state index in [1.807, 2.05) is 0 Å². The van der Waals surface area contributed by atoms with E-state index in [1.54, 1.807) is 0 Å². The first-order valence-electron chi connectivity index (χ1n) is 3.55. The van der Waals surface area contributed by atoms with Crippen LogP contribution < -0.4 is 0 Å². The maximum Gasteiger partial charge on any atom is 0.310 e. The molecule has 2 atom stereocenters. The fraction of sp³-hybridized carbons (Fsp3) is 0.714. The SMILES string of the molecule is COC(=O)[C@@H]1CSC[C@H]1C(=O)O.